The van der Waals surface area contributed by atoms with Gasteiger partial charge in [-0.3, -0.25) is 24.0 Å². The van der Waals surface area contributed by atoms with Gasteiger partial charge in [0.25, 0.3) is 11.7 Å². The molecule has 1 aromatic heterocycles. The molecule has 11 nitrogen and oxygen atoms in total. The number of ketones is 1. The molecule has 228 valence electrons. The average molecular weight is 582 g/mol. The molecule has 4 rings (SSSR count). The standard InChI is InChI=1S/C31H43N5O6/c32-17-9-16-25(29(40)34-19-26(37)38)36(31(42)28(39)23-18-33-24-15-8-7-14-22(23)24)27(20-10-3-1-4-11-20)30(41)35-21-12-5-2-6-13-21/h7-8,14-15,18,20-21,25,27,33H,1-6,9-13,16-17,19,32H2,(H,34,40)(H,35,41)(H,37,38)/t25-,27?/m1/s1. The number of aromatic nitrogens is 1. The van der Waals surface area contributed by atoms with Crippen LogP contribution in [-0.4, -0.2) is 75.7 Å². The number of para-hydroxylation sites is 1. The van der Waals surface area contributed by atoms with Gasteiger partial charge >= 0.3 is 5.97 Å². The molecule has 2 aliphatic rings. The number of nitrogens with two attached hydrogens (primary N) is 1. The number of Topliss-reactive ketones (excluding diaryl/α,β-unsaturated/α-hetero) is 1. The Morgan fingerprint density at radius 3 is 2.29 bits per heavy atom. The fourth-order valence-electron chi connectivity index (χ4n) is 6.49. The number of fused-ring (bicyclic) bond motifs is 1. The Morgan fingerprint density at radius 1 is 0.952 bits per heavy atom. The topological polar surface area (TPSA) is 175 Å². The molecule has 0 bridgehead atoms. The smallest absolute Gasteiger partial charge is 0.322 e. The van der Waals surface area contributed by atoms with E-state index in [1.807, 2.05) is 6.07 Å². The number of aliphatic carboxylic acids is 1. The molecule has 0 spiro atoms. The molecule has 2 fully saturated rings. The fraction of sp³-hybridized carbons (Fsp3) is 0.581. The molecular formula is C31H43N5O6. The van der Waals surface area contributed by atoms with Crippen molar-refractivity contribution < 1.29 is 29.1 Å². The number of aromatic amines is 1. The molecule has 0 saturated heterocycles. The van der Waals surface area contributed by atoms with Crippen molar-refractivity contribution in [2.45, 2.75) is 95.2 Å². The van der Waals surface area contributed by atoms with Gasteiger partial charge < -0.3 is 31.4 Å². The van der Waals surface area contributed by atoms with Crippen LogP contribution < -0.4 is 16.4 Å². The van der Waals surface area contributed by atoms with E-state index >= 15 is 0 Å². The van der Waals surface area contributed by atoms with Crippen LogP contribution >= 0.6 is 0 Å². The first-order valence-electron chi connectivity index (χ1n) is 15.2. The predicted octanol–water partition coefficient (Wildman–Crippen LogP) is 2.89. The first kappa shape index (κ1) is 31.2. The van der Waals surface area contributed by atoms with Gasteiger partial charge in [0.05, 0.1) is 5.56 Å². The zero-order valence-corrected chi connectivity index (χ0v) is 24.1. The van der Waals surface area contributed by atoms with E-state index in [0.717, 1.165) is 51.4 Å². The summed E-state index contributed by atoms with van der Waals surface area (Å²) in [5, 5.41) is 15.3. The Hall–Kier alpha value is -3.73. The quantitative estimate of drug-likeness (QED) is 0.178. The van der Waals surface area contributed by atoms with E-state index in [9.17, 15) is 29.1 Å². The number of amides is 3. The molecule has 1 aromatic carbocycles. The van der Waals surface area contributed by atoms with Crippen LogP contribution in [0.5, 0.6) is 0 Å². The summed E-state index contributed by atoms with van der Waals surface area (Å²) < 4.78 is 0. The summed E-state index contributed by atoms with van der Waals surface area (Å²) in [6.07, 6.45) is 10.7. The highest BCUT2D eigenvalue weighted by Crippen LogP contribution is 2.32. The normalized spacial score (nSPS) is 17.7. The number of rotatable bonds is 13. The number of hydrogen-bond acceptors (Lipinski definition) is 6. The number of nitrogens with one attached hydrogen (secondary N) is 3. The summed E-state index contributed by atoms with van der Waals surface area (Å²) in [5.74, 6) is -4.37. The molecule has 2 aromatic rings. The molecule has 2 aliphatic carbocycles. The van der Waals surface area contributed by atoms with Gasteiger partial charge in [-0.25, -0.2) is 0 Å². The number of H-pyrrole nitrogens is 1. The van der Waals surface area contributed by atoms with Crippen molar-refractivity contribution in [2.24, 2.45) is 11.7 Å². The fourth-order valence-corrected chi connectivity index (χ4v) is 6.49. The maximum absolute atomic E-state index is 14.4. The van der Waals surface area contributed by atoms with Crippen LogP contribution in [0.3, 0.4) is 0 Å². The van der Waals surface area contributed by atoms with E-state index in [1.165, 1.54) is 11.1 Å². The summed E-state index contributed by atoms with van der Waals surface area (Å²) in [4.78, 5) is 71.5. The van der Waals surface area contributed by atoms with Crippen LogP contribution in [0.1, 0.15) is 87.4 Å². The minimum absolute atomic E-state index is 0.0399. The second kappa shape index (κ2) is 14.9. The molecule has 3 amide bonds. The summed E-state index contributed by atoms with van der Waals surface area (Å²) in [6.45, 7) is -0.442. The molecule has 2 saturated carbocycles. The zero-order valence-electron chi connectivity index (χ0n) is 24.1. The van der Waals surface area contributed by atoms with Crippen LogP contribution in [-0.2, 0) is 19.2 Å². The van der Waals surface area contributed by atoms with E-state index in [0.29, 0.717) is 30.2 Å². The maximum Gasteiger partial charge on any atom is 0.322 e. The van der Waals surface area contributed by atoms with Crippen molar-refractivity contribution >= 4 is 40.4 Å². The number of benzene rings is 1. The maximum atomic E-state index is 14.4. The van der Waals surface area contributed by atoms with Gasteiger partial charge in [-0.2, -0.15) is 0 Å². The lowest BCUT2D eigenvalue weighted by Gasteiger charge is -2.42. The second-order valence-corrected chi connectivity index (χ2v) is 11.5. The van der Waals surface area contributed by atoms with Gasteiger partial charge in [-0.05, 0) is 57.1 Å². The minimum atomic E-state index is -1.25. The highest BCUT2D eigenvalue weighted by molar-refractivity contribution is 6.45. The van der Waals surface area contributed by atoms with Gasteiger partial charge in [-0.15, -0.1) is 0 Å². The van der Waals surface area contributed by atoms with Gasteiger partial charge in [0.2, 0.25) is 11.8 Å². The Labute approximate surface area is 246 Å². The lowest BCUT2D eigenvalue weighted by molar-refractivity contribution is -0.149. The Bertz CT molecular complexity index is 1260. The predicted molar refractivity (Wildman–Crippen MR) is 158 cm³/mol. The monoisotopic (exact) mass is 581 g/mol. The van der Waals surface area contributed by atoms with E-state index in [-0.39, 0.29) is 36.4 Å². The average Bonchev–Trinajstić information content (AvgIpc) is 3.44. The van der Waals surface area contributed by atoms with Crippen LogP contribution in [0.4, 0.5) is 0 Å². The highest BCUT2D eigenvalue weighted by Gasteiger charge is 2.45. The van der Waals surface area contributed by atoms with Gasteiger partial charge in [0.15, 0.2) is 0 Å². The second-order valence-electron chi connectivity index (χ2n) is 11.5. The third-order valence-electron chi connectivity index (χ3n) is 8.61. The first-order valence-corrected chi connectivity index (χ1v) is 15.2. The number of carbonyl (C=O) groups is 5. The number of hydrogen-bond donors (Lipinski definition) is 5. The van der Waals surface area contributed by atoms with Crippen molar-refractivity contribution in [3.8, 4) is 0 Å². The molecule has 1 unspecified atom stereocenters. The van der Waals surface area contributed by atoms with Gasteiger partial charge in [0, 0.05) is 23.1 Å². The first-order chi connectivity index (χ1) is 20.3. The van der Waals surface area contributed by atoms with Crippen LogP contribution in [0.25, 0.3) is 10.9 Å². The lowest BCUT2D eigenvalue weighted by atomic mass is 9.81. The Morgan fingerprint density at radius 2 is 1.62 bits per heavy atom. The van der Waals surface area contributed by atoms with Crippen molar-refractivity contribution in [2.75, 3.05) is 13.1 Å². The number of carboxylic acids is 1. The summed E-state index contributed by atoms with van der Waals surface area (Å²) in [5.41, 5.74) is 6.63. The van der Waals surface area contributed by atoms with E-state index in [1.54, 1.807) is 18.2 Å². The number of nitrogens with zero attached hydrogens (tertiary/aromatic N) is 1. The van der Waals surface area contributed by atoms with Crippen LogP contribution in [0, 0.1) is 5.92 Å². The van der Waals surface area contributed by atoms with E-state index in [2.05, 4.69) is 15.6 Å². The highest BCUT2D eigenvalue weighted by atomic mass is 16.4. The Kier molecular flexibility index (Phi) is 11.1. The summed E-state index contributed by atoms with van der Waals surface area (Å²) >= 11 is 0. The third kappa shape index (κ3) is 7.56. The zero-order chi connectivity index (χ0) is 30.1. The Balaban J connectivity index is 1.78. The molecule has 2 atom stereocenters. The van der Waals surface area contributed by atoms with Gasteiger partial charge in [-0.1, -0.05) is 56.7 Å². The van der Waals surface area contributed by atoms with E-state index < -0.39 is 42.2 Å². The van der Waals surface area contributed by atoms with Gasteiger partial charge in [0.1, 0.15) is 18.6 Å². The molecule has 1 heterocycles. The summed E-state index contributed by atoms with van der Waals surface area (Å²) in [7, 11) is 0. The molecule has 0 aliphatic heterocycles. The van der Waals surface area contributed by atoms with Crippen molar-refractivity contribution in [1.29, 1.82) is 0 Å². The van der Waals surface area contributed by atoms with Crippen molar-refractivity contribution in [3.63, 3.8) is 0 Å². The number of carbonyl (C=O) groups excluding carboxylic acids is 4. The van der Waals surface area contributed by atoms with Crippen LogP contribution in [0.15, 0.2) is 30.5 Å². The molecule has 0 radical (unpaired) electrons. The third-order valence-corrected chi connectivity index (χ3v) is 8.61. The lowest BCUT2D eigenvalue weighted by Crippen LogP contribution is -2.63. The number of carboxylic acid groups (broad SMARTS) is 1. The van der Waals surface area contributed by atoms with Crippen molar-refractivity contribution in [3.05, 3.63) is 36.0 Å². The molecule has 6 N–H and O–H groups in total. The largest absolute Gasteiger partial charge is 0.480 e. The summed E-state index contributed by atoms with van der Waals surface area (Å²) in [6, 6.07) is 4.75. The molecule has 42 heavy (non-hydrogen) atoms. The minimum Gasteiger partial charge on any atom is -0.480 e. The van der Waals surface area contributed by atoms with Crippen LogP contribution in [0.2, 0.25) is 0 Å². The SMILES string of the molecule is NCCC[C@H](C(=O)NCC(=O)O)N(C(=O)C(=O)c1c[nH]c2ccccc12)C(C(=O)NC1CCCCC1)C1CCCCC1. The molecular weight excluding hydrogens is 538 g/mol. The van der Waals surface area contributed by atoms with Crippen molar-refractivity contribution in [1.82, 2.24) is 20.5 Å². The molecule has 11 heteroatoms. The van der Waals surface area contributed by atoms with E-state index in [4.69, 9.17) is 5.73 Å².